The molecule has 2 N–H and O–H groups in total. The average Bonchev–Trinajstić information content (AvgIpc) is 3.08. The first-order valence-corrected chi connectivity index (χ1v) is 8.41. The standard InChI is InChI=1S/C18H20ClN3O2/c1-24-17-7-6-12(19)10-15(17)22-18(23)16-11-14(8-9-20-16)21-13-4-2-3-5-13/h6-11,13H,2-5H2,1H3,(H,20,21)(H,22,23). The molecule has 0 radical (unpaired) electrons. The highest BCUT2D eigenvalue weighted by Crippen LogP contribution is 2.28. The normalized spacial score (nSPS) is 14.4. The SMILES string of the molecule is COc1ccc(Cl)cc1NC(=O)c1cc(NC2CCCC2)ccn1. The second-order valence-corrected chi connectivity index (χ2v) is 6.29. The molecule has 0 unspecified atom stereocenters. The zero-order valence-corrected chi connectivity index (χ0v) is 14.3. The number of aromatic nitrogens is 1. The monoisotopic (exact) mass is 345 g/mol. The van der Waals surface area contributed by atoms with E-state index in [1.54, 1.807) is 37.6 Å². The van der Waals surface area contributed by atoms with E-state index in [9.17, 15) is 4.79 Å². The number of nitrogens with zero attached hydrogens (tertiary/aromatic N) is 1. The number of anilines is 2. The Labute approximate surface area is 146 Å². The number of methoxy groups -OCH3 is 1. The van der Waals surface area contributed by atoms with Gasteiger partial charge in [-0.3, -0.25) is 9.78 Å². The van der Waals surface area contributed by atoms with Crippen molar-refractivity contribution in [3.8, 4) is 5.75 Å². The minimum atomic E-state index is -0.300. The first-order valence-electron chi connectivity index (χ1n) is 8.03. The van der Waals surface area contributed by atoms with E-state index in [0.29, 0.717) is 28.2 Å². The van der Waals surface area contributed by atoms with Gasteiger partial charge in [-0.15, -0.1) is 0 Å². The third kappa shape index (κ3) is 3.97. The molecule has 0 saturated heterocycles. The first-order chi connectivity index (χ1) is 11.7. The van der Waals surface area contributed by atoms with Crippen LogP contribution in [0.5, 0.6) is 5.75 Å². The molecule has 0 spiro atoms. The van der Waals surface area contributed by atoms with E-state index in [4.69, 9.17) is 16.3 Å². The molecular weight excluding hydrogens is 326 g/mol. The number of pyridine rings is 1. The number of benzene rings is 1. The number of rotatable bonds is 5. The zero-order valence-electron chi connectivity index (χ0n) is 13.5. The van der Waals surface area contributed by atoms with Crippen LogP contribution in [-0.4, -0.2) is 24.0 Å². The van der Waals surface area contributed by atoms with Gasteiger partial charge in [0.1, 0.15) is 11.4 Å². The Kier molecular flexibility index (Phi) is 5.20. The van der Waals surface area contributed by atoms with Crippen LogP contribution in [-0.2, 0) is 0 Å². The predicted octanol–water partition coefficient (Wildman–Crippen LogP) is 4.35. The van der Waals surface area contributed by atoms with Crippen LogP contribution in [0, 0.1) is 0 Å². The summed E-state index contributed by atoms with van der Waals surface area (Å²) in [7, 11) is 1.54. The van der Waals surface area contributed by atoms with Crippen molar-refractivity contribution in [2.45, 2.75) is 31.7 Å². The molecule has 1 amide bonds. The first kappa shape index (κ1) is 16.6. The lowest BCUT2D eigenvalue weighted by Gasteiger charge is -2.14. The van der Waals surface area contributed by atoms with Crippen molar-refractivity contribution in [1.82, 2.24) is 4.98 Å². The van der Waals surface area contributed by atoms with E-state index in [2.05, 4.69) is 15.6 Å². The molecule has 0 bridgehead atoms. The summed E-state index contributed by atoms with van der Waals surface area (Å²) in [4.78, 5) is 16.6. The van der Waals surface area contributed by atoms with Gasteiger partial charge in [0.2, 0.25) is 0 Å². The van der Waals surface area contributed by atoms with Crippen molar-refractivity contribution in [2.75, 3.05) is 17.7 Å². The van der Waals surface area contributed by atoms with Gasteiger partial charge in [-0.1, -0.05) is 24.4 Å². The van der Waals surface area contributed by atoms with Crippen LogP contribution in [0.2, 0.25) is 5.02 Å². The zero-order chi connectivity index (χ0) is 16.9. The van der Waals surface area contributed by atoms with E-state index in [0.717, 1.165) is 5.69 Å². The predicted molar refractivity (Wildman–Crippen MR) is 96.1 cm³/mol. The van der Waals surface area contributed by atoms with E-state index in [1.807, 2.05) is 6.07 Å². The van der Waals surface area contributed by atoms with Gasteiger partial charge >= 0.3 is 0 Å². The van der Waals surface area contributed by atoms with Gasteiger partial charge in [-0.2, -0.15) is 0 Å². The molecule has 1 aliphatic rings. The Bertz CT molecular complexity index is 730. The summed E-state index contributed by atoms with van der Waals surface area (Å²) in [6.07, 6.45) is 6.49. The number of halogens is 1. The van der Waals surface area contributed by atoms with Crippen molar-refractivity contribution in [3.63, 3.8) is 0 Å². The number of amides is 1. The fourth-order valence-electron chi connectivity index (χ4n) is 2.91. The third-order valence-electron chi connectivity index (χ3n) is 4.13. The lowest BCUT2D eigenvalue weighted by molar-refractivity contribution is 0.102. The van der Waals surface area contributed by atoms with Gasteiger partial charge < -0.3 is 15.4 Å². The van der Waals surface area contributed by atoms with Crippen LogP contribution >= 0.6 is 11.6 Å². The molecule has 1 fully saturated rings. The molecule has 24 heavy (non-hydrogen) atoms. The van der Waals surface area contributed by atoms with Crippen LogP contribution in [0.4, 0.5) is 11.4 Å². The summed E-state index contributed by atoms with van der Waals surface area (Å²) in [5.74, 6) is 0.249. The summed E-state index contributed by atoms with van der Waals surface area (Å²) in [5, 5.41) is 6.79. The lowest BCUT2D eigenvalue weighted by atomic mass is 10.2. The molecule has 1 aromatic carbocycles. The highest BCUT2D eigenvalue weighted by molar-refractivity contribution is 6.31. The van der Waals surface area contributed by atoms with Gasteiger partial charge in [0.15, 0.2) is 0 Å². The van der Waals surface area contributed by atoms with Crippen molar-refractivity contribution in [3.05, 3.63) is 47.2 Å². The molecule has 6 heteroatoms. The maximum atomic E-state index is 12.5. The smallest absolute Gasteiger partial charge is 0.274 e. The minimum absolute atomic E-state index is 0.300. The van der Waals surface area contributed by atoms with E-state index >= 15 is 0 Å². The van der Waals surface area contributed by atoms with Gasteiger partial charge in [-0.05, 0) is 43.2 Å². The number of carbonyl (C=O) groups excluding carboxylic acids is 1. The Hall–Kier alpha value is -2.27. The second-order valence-electron chi connectivity index (χ2n) is 5.85. The van der Waals surface area contributed by atoms with Crippen LogP contribution in [0.25, 0.3) is 0 Å². The summed E-state index contributed by atoms with van der Waals surface area (Å²) in [6.45, 7) is 0. The molecule has 3 rings (SSSR count). The third-order valence-corrected chi connectivity index (χ3v) is 4.36. The summed E-state index contributed by atoms with van der Waals surface area (Å²) in [6, 6.07) is 9.21. The molecule has 0 aliphatic heterocycles. The minimum Gasteiger partial charge on any atom is -0.495 e. The van der Waals surface area contributed by atoms with Gasteiger partial charge in [-0.25, -0.2) is 0 Å². The second kappa shape index (κ2) is 7.53. The summed E-state index contributed by atoms with van der Waals surface area (Å²) in [5.41, 5.74) is 1.78. The average molecular weight is 346 g/mol. The largest absolute Gasteiger partial charge is 0.495 e. The van der Waals surface area contributed by atoms with Crippen LogP contribution < -0.4 is 15.4 Å². The maximum Gasteiger partial charge on any atom is 0.274 e. The molecule has 1 heterocycles. The van der Waals surface area contributed by atoms with Crippen LogP contribution in [0.1, 0.15) is 36.2 Å². The topological polar surface area (TPSA) is 63.2 Å². The molecule has 1 saturated carbocycles. The highest BCUT2D eigenvalue weighted by Gasteiger charge is 2.16. The molecule has 126 valence electrons. The van der Waals surface area contributed by atoms with E-state index in [1.165, 1.54) is 25.7 Å². The van der Waals surface area contributed by atoms with Crippen molar-refractivity contribution in [2.24, 2.45) is 0 Å². The Morgan fingerprint density at radius 1 is 1.25 bits per heavy atom. The van der Waals surface area contributed by atoms with Crippen LogP contribution in [0.3, 0.4) is 0 Å². The van der Waals surface area contributed by atoms with E-state index in [-0.39, 0.29) is 5.91 Å². The number of ether oxygens (including phenoxy) is 1. The van der Waals surface area contributed by atoms with Gasteiger partial charge in [0.25, 0.3) is 5.91 Å². The number of nitrogens with one attached hydrogen (secondary N) is 2. The Morgan fingerprint density at radius 3 is 2.79 bits per heavy atom. The Morgan fingerprint density at radius 2 is 2.04 bits per heavy atom. The van der Waals surface area contributed by atoms with Crippen molar-refractivity contribution in [1.29, 1.82) is 0 Å². The number of carbonyl (C=O) groups is 1. The van der Waals surface area contributed by atoms with E-state index < -0.39 is 0 Å². The quantitative estimate of drug-likeness (QED) is 0.845. The molecule has 5 nitrogen and oxygen atoms in total. The van der Waals surface area contributed by atoms with Crippen molar-refractivity contribution < 1.29 is 9.53 Å². The highest BCUT2D eigenvalue weighted by atomic mass is 35.5. The fraction of sp³-hybridized carbons (Fsp3) is 0.333. The Balaban J connectivity index is 1.74. The molecular formula is C18H20ClN3O2. The molecule has 1 aromatic heterocycles. The molecule has 1 aliphatic carbocycles. The molecule has 2 aromatic rings. The number of hydrogen-bond acceptors (Lipinski definition) is 4. The lowest BCUT2D eigenvalue weighted by Crippen LogP contribution is -2.17. The van der Waals surface area contributed by atoms with Gasteiger partial charge in [0, 0.05) is 22.9 Å². The maximum absolute atomic E-state index is 12.5. The molecule has 0 atom stereocenters. The van der Waals surface area contributed by atoms with Crippen LogP contribution in [0.15, 0.2) is 36.5 Å². The fourth-order valence-corrected chi connectivity index (χ4v) is 3.09. The van der Waals surface area contributed by atoms with Crippen molar-refractivity contribution >= 4 is 28.9 Å². The summed E-state index contributed by atoms with van der Waals surface area (Å²) >= 11 is 5.99. The summed E-state index contributed by atoms with van der Waals surface area (Å²) < 4.78 is 5.24. The van der Waals surface area contributed by atoms with Gasteiger partial charge in [0.05, 0.1) is 12.8 Å². The number of hydrogen-bond donors (Lipinski definition) is 2.